The summed E-state index contributed by atoms with van der Waals surface area (Å²) in [6, 6.07) is -1.53. The molecule has 53 heavy (non-hydrogen) atoms. The van der Waals surface area contributed by atoms with E-state index in [1.807, 2.05) is 6.08 Å². The van der Waals surface area contributed by atoms with Gasteiger partial charge in [-0.05, 0) is 44.9 Å². The van der Waals surface area contributed by atoms with Gasteiger partial charge in [0.2, 0.25) is 0 Å². The van der Waals surface area contributed by atoms with E-state index in [4.69, 9.17) is 24.8 Å². The lowest BCUT2D eigenvalue weighted by atomic mass is 10.1. The van der Waals surface area contributed by atoms with Gasteiger partial charge in [0.15, 0.2) is 6.10 Å². The van der Waals surface area contributed by atoms with E-state index < -0.39 is 57.7 Å². The number of phosphoric ester groups is 1. The lowest BCUT2D eigenvalue weighted by Crippen LogP contribution is -2.34. The van der Waals surface area contributed by atoms with Crippen molar-refractivity contribution in [2.45, 2.75) is 187 Å². The first-order valence-corrected chi connectivity index (χ1v) is 22.1. The zero-order chi connectivity index (χ0) is 39.3. The first-order chi connectivity index (χ1) is 25.6. The molecule has 4 N–H and O–H groups in total. The van der Waals surface area contributed by atoms with Gasteiger partial charge >= 0.3 is 25.7 Å². The molecule has 0 radical (unpaired) electrons. The second kappa shape index (κ2) is 36.7. The molecule has 11 nitrogen and oxygen atoms in total. The molecule has 3 atom stereocenters. The molecule has 0 fully saturated rings. The molecule has 0 heterocycles. The Labute approximate surface area is 321 Å². The number of rotatable bonds is 38. The number of ether oxygens (including phenoxy) is 2. The van der Waals surface area contributed by atoms with Crippen LogP contribution in [0.1, 0.15) is 174 Å². The normalized spacial score (nSPS) is 14.2. The second-order valence-electron chi connectivity index (χ2n) is 13.8. The molecule has 0 aliphatic rings. The average Bonchev–Trinajstić information content (AvgIpc) is 3.13. The molecule has 0 aromatic carbocycles. The Kier molecular flexibility index (Phi) is 35.1. The van der Waals surface area contributed by atoms with Gasteiger partial charge in [0.05, 0.1) is 13.2 Å². The van der Waals surface area contributed by atoms with Gasteiger partial charge < -0.3 is 25.2 Å². The summed E-state index contributed by atoms with van der Waals surface area (Å²) in [5.74, 6) is -2.65. The van der Waals surface area contributed by atoms with Crippen LogP contribution in [-0.2, 0) is 37.5 Å². The molecule has 0 aliphatic heterocycles. The van der Waals surface area contributed by atoms with Crippen molar-refractivity contribution >= 4 is 25.7 Å². The van der Waals surface area contributed by atoms with Gasteiger partial charge in [-0.2, -0.15) is 0 Å². The molecule has 1 unspecified atom stereocenters. The number of aliphatic carboxylic acids is 1. The molecule has 0 spiro atoms. The number of esters is 2. The van der Waals surface area contributed by atoms with Crippen LogP contribution < -0.4 is 5.73 Å². The molecule has 308 valence electrons. The van der Waals surface area contributed by atoms with Crippen LogP contribution in [0.15, 0.2) is 36.5 Å². The first-order valence-electron chi connectivity index (χ1n) is 20.6. The minimum Gasteiger partial charge on any atom is -0.480 e. The van der Waals surface area contributed by atoms with Gasteiger partial charge in [-0.15, -0.1) is 0 Å². The Morgan fingerprint density at radius 1 is 0.623 bits per heavy atom. The van der Waals surface area contributed by atoms with E-state index in [1.165, 1.54) is 102 Å². The Morgan fingerprint density at radius 2 is 1.08 bits per heavy atom. The SMILES string of the molecule is CCCCCCC/C=C/CCCCCCCC(=O)OC[C@H](COP(=O)(O)OC[C@H](N)C(=O)O)OC(=O)/C=C/C=C/CCCCCCCCCCCCC. The molecule has 0 rings (SSSR count). The Hall–Kier alpha value is -2.30. The van der Waals surface area contributed by atoms with Crippen LogP contribution in [0.2, 0.25) is 0 Å². The molecule has 0 amide bonds. The lowest BCUT2D eigenvalue weighted by Gasteiger charge is -2.19. The van der Waals surface area contributed by atoms with E-state index in [9.17, 15) is 23.8 Å². The largest absolute Gasteiger partial charge is 0.480 e. The Balaban J connectivity index is 4.52. The number of allylic oxidation sites excluding steroid dienone is 5. The third kappa shape index (κ3) is 36.4. The van der Waals surface area contributed by atoms with E-state index in [0.29, 0.717) is 6.42 Å². The molecule has 12 heteroatoms. The number of carboxylic acids is 1. The van der Waals surface area contributed by atoms with Gasteiger partial charge in [0.1, 0.15) is 12.6 Å². The van der Waals surface area contributed by atoms with Crippen molar-refractivity contribution < 1.29 is 47.5 Å². The molecule has 0 saturated heterocycles. The van der Waals surface area contributed by atoms with E-state index in [0.717, 1.165) is 51.4 Å². The highest BCUT2D eigenvalue weighted by atomic mass is 31.2. The smallest absolute Gasteiger partial charge is 0.472 e. The number of nitrogens with two attached hydrogens (primary N) is 1. The summed E-state index contributed by atoms with van der Waals surface area (Å²) in [5.41, 5.74) is 5.31. The van der Waals surface area contributed by atoms with E-state index >= 15 is 0 Å². The van der Waals surface area contributed by atoms with Crippen molar-refractivity contribution in [1.29, 1.82) is 0 Å². The fourth-order valence-electron chi connectivity index (χ4n) is 5.44. The van der Waals surface area contributed by atoms with Crippen molar-refractivity contribution in [1.82, 2.24) is 0 Å². The summed E-state index contributed by atoms with van der Waals surface area (Å²) in [7, 11) is -4.74. The van der Waals surface area contributed by atoms with Crippen LogP contribution in [0.5, 0.6) is 0 Å². The molecule has 0 aromatic heterocycles. The monoisotopic (exact) mass is 772 g/mol. The Bertz CT molecular complexity index is 1050. The maximum absolute atomic E-state index is 12.5. The highest BCUT2D eigenvalue weighted by Gasteiger charge is 2.27. The predicted octanol–water partition coefficient (Wildman–Crippen LogP) is 10.4. The highest BCUT2D eigenvalue weighted by Crippen LogP contribution is 2.43. The topological polar surface area (TPSA) is 172 Å². The second-order valence-corrected chi connectivity index (χ2v) is 15.3. The average molecular weight is 772 g/mol. The number of hydrogen-bond acceptors (Lipinski definition) is 9. The molecular formula is C41H74NO10P. The quantitative estimate of drug-likeness (QED) is 0.0136. The third-order valence-corrected chi connectivity index (χ3v) is 9.67. The van der Waals surface area contributed by atoms with Gasteiger partial charge in [-0.25, -0.2) is 9.36 Å². The minimum atomic E-state index is -4.74. The maximum atomic E-state index is 12.5. The number of phosphoric acid groups is 1. The summed E-state index contributed by atoms with van der Waals surface area (Å²) >= 11 is 0. The van der Waals surface area contributed by atoms with E-state index in [1.54, 1.807) is 12.2 Å². The summed E-state index contributed by atoms with van der Waals surface area (Å²) < 4.78 is 32.4. The summed E-state index contributed by atoms with van der Waals surface area (Å²) in [6.45, 7) is 2.66. The number of carbonyl (C=O) groups is 3. The standard InChI is InChI=1S/C41H74NO10P/c1-3-5-7-9-11-13-15-17-19-21-23-25-27-29-31-33-40(44)52-37(35-50-53(47,48)51-36-38(42)41(45)46)34-49-39(43)32-30-28-26-24-22-20-18-16-14-12-10-8-6-4-2/h16,18,27,29,31,33,37-38H,3-15,17,19-26,28,30,32,34-36,42H2,1-2H3,(H,45,46)(H,47,48)/b18-16+,29-27+,33-31+/t37-,38+/m1/s1. The zero-order valence-electron chi connectivity index (χ0n) is 33.1. The number of unbranched alkanes of at least 4 members (excludes halogenated alkanes) is 21. The van der Waals surface area contributed by atoms with E-state index in [-0.39, 0.29) is 6.42 Å². The van der Waals surface area contributed by atoms with Crippen molar-refractivity contribution in [3.8, 4) is 0 Å². The van der Waals surface area contributed by atoms with Crippen molar-refractivity contribution in [2.75, 3.05) is 19.8 Å². The lowest BCUT2D eigenvalue weighted by molar-refractivity contribution is -0.157. The van der Waals surface area contributed by atoms with E-state index in [2.05, 4.69) is 30.5 Å². The van der Waals surface area contributed by atoms with Gasteiger partial charge in [0, 0.05) is 12.5 Å². The highest BCUT2D eigenvalue weighted by molar-refractivity contribution is 7.47. The molecule has 0 aliphatic carbocycles. The number of carboxylic acid groups (broad SMARTS) is 1. The molecule has 0 saturated carbocycles. The summed E-state index contributed by atoms with van der Waals surface area (Å²) in [4.78, 5) is 45.7. The van der Waals surface area contributed by atoms with Crippen LogP contribution in [0.3, 0.4) is 0 Å². The fourth-order valence-corrected chi connectivity index (χ4v) is 6.21. The first kappa shape index (κ1) is 50.7. The van der Waals surface area contributed by atoms with Gasteiger partial charge in [-0.3, -0.25) is 18.6 Å². The van der Waals surface area contributed by atoms with Gasteiger partial charge in [-0.1, -0.05) is 153 Å². The fraction of sp³-hybridized carbons (Fsp3) is 0.780. The maximum Gasteiger partial charge on any atom is 0.472 e. The number of carbonyl (C=O) groups excluding carboxylic acids is 2. The summed E-state index contributed by atoms with van der Waals surface area (Å²) in [5, 5.41) is 8.86. The van der Waals surface area contributed by atoms with Crippen molar-refractivity contribution in [2.24, 2.45) is 5.73 Å². The Morgan fingerprint density at radius 3 is 1.58 bits per heavy atom. The van der Waals surface area contributed by atoms with Crippen LogP contribution >= 0.6 is 7.82 Å². The minimum absolute atomic E-state index is 0.192. The van der Waals surface area contributed by atoms with Crippen LogP contribution in [0.4, 0.5) is 0 Å². The van der Waals surface area contributed by atoms with Crippen LogP contribution in [0.25, 0.3) is 0 Å². The number of hydrogen-bond donors (Lipinski definition) is 3. The van der Waals surface area contributed by atoms with Gasteiger partial charge in [0.25, 0.3) is 0 Å². The molecule has 0 bridgehead atoms. The molecule has 0 aromatic rings. The van der Waals surface area contributed by atoms with Crippen molar-refractivity contribution in [3.63, 3.8) is 0 Å². The van der Waals surface area contributed by atoms with Crippen LogP contribution in [-0.4, -0.2) is 59.9 Å². The predicted molar refractivity (Wildman–Crippen MR) is 212 cm³/mol. The molecular weight excluding hydrogens is 697 g/mol. The third-order valence-electron chi connectivity index (χ3n) is 8.72. The van der Waals surface area contributed by atoms with Crippen LogP contribution in [0, 0.1) is 0 Å². The summed E-state index contributed by atoms with van der Waals surface area (Å²) in [6.07, 6.45) is 38.5. The van der Waals surface area contributed by atoms with Crippen molar-refractivity contribution in [3.05, 3.63) is 36.5 Å². The zero-order valence-corrected chi connectivity index (χ0v) is 34.0.